The van der Waals surface area contributed by atoms with Gasteiger partial charge in [-0.05, 0) is 61.0 Å². The van der Waals surface area contributed by atoms with Crippen molar-refractivity contribution in [1.29, 1.82) is 0 Å². The third-order valence-corrected chi connectivity index (χ3v) is 7.49. The third kappa shape index (κ3) is 5.21. The van der Waals surface area contributed by atoms with Crippen LogP contribution in [0.4, 0.5) is 0 Å². The molecule has 2 aromatic heterocycles. The summed E-state index contributed by atoms with van der Waals surface area (Å²) in [7, 11) is 1.30. The van der Waals surface area contributed by atoms with Crippen LogP contribution in [-0.2, 0) is 14.3 Å². The number of ether oxygens (including phenoxy) is 2. The molecule has 0 spiro atoms. The van der Waals surface area contributed by atoms with Crippen molar-refractivity contribution in [2.24, 2.45) is 4.99 Å². The van der Waals surface area contributed by atoms with Crippen molar-refractivity contribution < 1.29 is 23.5 Å². The predicted octanol–water partition coefficient (Wildman–Crippen LogP) is 4.66. The molecule has 1 atom stereocenters. The van der Waals surface area contributed by atoms with E-state index in [2.05, 4.69) is 11.6 Å². The number of methoxy groups -OCH3 is 1. The van der Waals surface area contributed by atoms with Gasteiger partial charge in [0.25, 0.3) is 5.56 Å². The largest absolute Gasteiger partial charge is 0.465 e. The van der Waals surface area contributed by atoms with Crippen LogP contribution in [0.25, 0.3) is 17.4 Å². The number of furan rings is 1. The Morgan fingerprint density at radius 1 is 1.10 bits per heavy atom. The highest BCUT2D eigenvalue weighted by Gasteiger charge is 2.33. The Balaban J connectivity index is 1.61. The number of fused-ring (bicyclic) bond motifs is 1. The molecule has 0 bridgehead atoms. The lowest BCUT2D eigenvalue weighted by atomic mass is 9.95. The number of hydrogen-bond acceptors (Lipinski definition) is 8. The summed E-state index contributed by atoms with van der Waals surface area (Å²) in [5, 5.41) is 0.620. The normalized spacial score (nSPS) is 14.9. The monoisotopic (exact) mass is 574 g/mol. The number of nitrogens with zero attached hydrogens (tertiary/aromatic N) is 2. The van der Waals surface area contributed by atoms with Gasteiger partial charge in [0.05, 0.1) is 34.5 Å². The van der Waals surface area contributed by atoms with E-state index < -0.39 is 18.0 Å². The molecule has 0 aliphatic carbocycles. The highest BCUT2D eigenvalue weighted by Crippen LogP contribution is 2.31. The van der Waals surface area contributed by atoms with Crippen LogP contribution in [0.3, 0.4) is 0 Å². The molecule has 0 fully saturated rings. The van der Waals surface area contributed by atoms with Gasteiger partial charge in [-0.25, -0.2) is 14.6 Å². The van der Waals surface area contributed by atoms with Crippen molar-refractivity contribution in [2.45, 2.75) is 13.0 Å². The van der Waals surface area contributed by atoms with Crippen LogP contribution in [0.15, 0.2) is 98.8 Å². The second-order valence-electron chi connectivity index (χ2n) is 8.79. The number of aromatic nitrogens is 1. The number of esters is 2. The van der Waals surface area contributed by atoms with Crippen LogP contribution in [-0.4, -0.2) is 30.2 Å². The maximum Gasteiger partial charge on any atom is 0.338 e. The van der Waals surface area contributed by atoms with Crippen molar-refractivity contribution in [3.8, 4) is 11.3 Å². The van der Waals surface area contributed by atoms with E-state index in [-0.39, 0.29) is 17.7 Å². The minimum absolute atomic E-state index is 0.00246. The Morgan fingerprint density at radius 3 is 2.50 bits per heavy atom. The van der Waals surface area contributed by atoms with Crippen LogP contribution < -0.4 is 14.9 Å². The van der Waals surface area contributed by atoms with Gasteiger partial charge in [0.2, 0.25) is 0 Å². The molecule has 0 saturated carbocycles. The molecule has 4 aromatic rings. The summed E-state index contributed by atoms with van der Waals surface area (Å²) in [6, 6.07) is 16.5. The van der Waals surface area contributed by atoms with Crippen LogP contribution in [0.2, 0.25) is 5.02 Å². The second-order valence-corrected chi connectivity index (χ2v) is 10.2. The molecule has 3 heterocycles. The molecule has 40 heavy (non-hydrogen) atoms. The highest BCUT2D eigenvalue weighted by atomic mass is 35.5. The van der Waals surface area contributed by atoms with Gasteiger partial charge in [-0.1, -0.05) is 47.7 Å². The quantitative estimate of drug-likeness (QED) is 0.235. The summed E-state index contributed by atoms with van der Waals surface area (Å²) in [5.41, 5.74) is 2.07. The van der Waals surface area contributed by atoms with E-state index in [9.17, 15) is 14.4 Å². The summed E-state index contributed by atoms with van der Waals surface area (Å²) in [4.78, 5) is 43.9. The van der Waals surface area contributed by atoms with E-state index in [1.54, 1.807) is 55.5 Å². The first-order valence-electron chi connectivity index (χ1n) is 12.2. The van der Waals surface area contributed by atoms with Gasteiger partial charge in [-0.3, -0.25) is 9.36 Å². The minimum atomic E-state index is -0.830. The van der Waals surface area contributed by atoms with Crippen molar-refractivity contribution in [3.63, 3.8) is 0 Å². The van der Waals surface area contributed by atoms with E-state index in [1.807, 2.05) is 18.2 Å². The van der Waals surface area contributed by atoms with E-state index in [1.165, 1.54) is 29.1 Å². The SMILES string of the molecule is C=CCOC(=O)C1=C(C)N=c2sc(=Cc3ccc(-c4ccc(Cl)cc4)o3)c(=O)n2C1c1ccc(C(=O)OC)cc1. The van der Waals surface area contributed by atoms with Gasteiger partial charge >= 0.3 is 11.9 Å². The molecular formula is C30H23ClN2O6S. The van der Waals surface area contributed by atoms with Crippen molar-refractivity contribution in [2.75, 3.05) is 13.7 Å². The number of carbonyl (C=O) groups is 2. The van der Waals surface area contributed by atoms with Crippen molar-refractivity contribution >= 4 is 41.0 Å². The lowest BCUT2D eigenvalue weighted by Crippen LogP contribution is -2.40. The Kier molecular flexibility index (Phi) is 7.68. The fraction of sp³-hybridized carbons (Fsp3) is 0.133. The van der Waals surface area contributed by atoms with Gasteiger partial charge in [0.15, 0.2) is 4.80 Å². The molecule has 0 radical (unpaired) electrons. The standard InChI is InChI=1S/C30H23ClN2O6S/c1-4-15-38-29(36)25-17(2)32-30-33(26(25)19-5-7-20(8-6-19)28(35)37-3)27(34)24(40-30)16-22-13-14-23(39-22)18-9-11-21(31)12-10-18/h4-14,16,26H,1,15H2,2-3H3. The van der Waals surface area contributed by atoms with Gasteiger partial charge < -0.3 is 13.9 Å². The Morgan fingerprint density at radius 2 is 1.82 bits per heavy atom. The molecule has 1 aliphatic heterocycles. The fourth-order valence-corrected chi connectivity index (χ4v) is 5.51. The topological polar surface area (TPSA) is 100 Å². The third-order valence-electron chi connectivity index (χ3n) is 6.25. The van der Waals surface area contributed by atoms with Crippen molar-refractivity contribution in [1.82, 2.24) is 4.57 Å². The maximum absolute atomic E-state index is 13.8. The summed E-state index contributed by atoms with van der Waals surface area (Å²) in [6.45, 7) is 5.29. The zero-order valence-electron chi connectivity index (χ0n) is 21.5. The van der Waals surface area contributed by atoms with Crippen molar-refractivity contribution in [3.05, 3.63) is 126 Å². The summed E-state index contributed by atoms with van der Waals surface area (Å²) in [6.07, 6.45) is 3.11. The number of thiazole rings is 1. The maximum atomic E-state index is 13.8. The predicted molar refractivity (Wildman–Crippen MR) is 152 cm³/mol. The van der Waals surface area contributed by atoms with Crippen LogP contribution in [0.1, 0.15) is 34.6 Å². The Hall–Kier alpha value is -4.47. The molecule has 0 amide bonds. The van der Waals surface area contributed by atoms with E-state index in [4.69, 9.17) is 25.5 Å². The first-order chi connectivity index (χ1) is 19.3. The number of halogens is 1. The molecule has 1 unspecified atom stereocenters. The van der Waals surface area contributed by atoms with Gasteiger partial charge in [0, 0.05) is 16.7 Å². The summed E-state index contributed by atoms with van der Waals surface area (Å²) < 4.78 is 18.0. The zero-order chi connectivity index (χ0) is 28.4. The highest BCUT2D eigenvalue weighted by molar-refractivity contribution is 7.07. The summed E-state index contributed by atoms with van der Waals surface area (Å²) in [5.74, 6) is -0.00164. The lowest BCUT2D eigenvalue weighted by molar-refractivity contribution is -0.138. The Bertz CT molecular complexity index is 1830. The number of benzene rings is 2. The van der Waals surface area contributed by atoms with Crippen LogP contribution in [0, 0.1) is 0 Å². The van der Waals surface area contributed by atoms with Gasteiger partial charge in [-0.2, -0.15) is 0 Å². The second kappa shape index (κ2) is 11.3. The van der Waals surface area contributed by atoms with Gasteiger partial charge in [-0.15, -0.1) is 0 Å². The van der Waals surface area contributed by atoms with E-state index in [0.29, 0.717) is 42.7 Å². The molecule has 5 rings (SSSR count). The van der Waals surface area contributed by atoms with E-state index in [0.717, 1.165) is 5.56 Å². The van der Waals surface area contributed by atoms with Crippen LogP contribution >= 0.6 is 22.9 Å². The zero-order valence-corrected chi connectivity index (χ0v) is 23.1. The number of allylic oxidation sites excluding steroid dienone is 1. The molecular weight excluding hydrogens is 552 g/mol. The van der Waals surface area contributed by atoms with Gasteiger partial charge in [0.1, 0.15) is 18.1 Å². The molecule has 2 aromatic carbocycles. The van der Waals surface area contributed by atoms with Crippen LogP contribution in [0.5, 0.6) is 0 Å². The average Bonchev–Trinajstić information content (AvgIpc) is 3.55. The first kappa shape index (κ1) is 27.1. The fourth-order valence-electron chi connectivity index (χ4n) is 4.36. The molecule has 8 nitrogen and oxygen atoms in total. The molecule has 10 heteroatoms. The molecule has 0 N–H and O–H groups in total. The minimum Gasteiger partial charge on any atom is -0.465 e. The summed E-state index contributed by atoms with van der Waals surface area (Å²) >= 11 is 7.17. The molecule has 202 valence electrons. The Labute approximate surface area is 237 Å². The average molecular weight is 575 g/mol. The number of hydrogen-bond donors (Lipinski definition) is 0. The number of rotatable bonds is 7. The number of carbonyl (C=O) groups excluding carboxylic acids is 2. The first-order valence-corrected chi connectivity index (χ1v) is 13.3. The van der Waals surface area contributed by atoms with E-state index >= 15 is 0 Å². The lowest BCUT2D eigenvalue weighted by Gasteiger charge is -2.24. The molecule has 0 saturated heterocycles. The molecule has 1 aliphatic rings. The smallest absolute Gasteiger partial charge is 0.338 e.